The summed E-state index contributed by atoms with van der Waals surface area (Å²) < 4.78 is 37.7. The first kappa shape index (κ1) is 20.5. The fraction of sp³-hybridized carbons (Fsp3) is 0.300. The number of hydrogen-bond donors (Lipinski definition) is 1. The molecule has 0 saturated heterocycles. The van der Waals surface area contributed by atoms with Gasteiger partial charge in [-0.25, -0.2) is 0 Å². The van der Waals surface area contributed by atoms with Crippen LogP contribution in [0.25, 0.3) is 0 Å². The van der Waals surface area contributed by atoms with E-state index in [0.29, 0.717) is 0 Å². The van der Waals surface area contributed by atoms with Gasteiger partial charge in [-0.3, -0.25) is 9.59 Å². The number of benzene rings is 2. The standard InChI is InChI=1S/C20H21F3N2O2/c1-13-10-14(2)12-18(11-13)25(15(3)26)9-8-24-19(27)16-4-6-17(7-5-16)20(21,22)23/h4-7,10-12H,8-9H2,1-3H3,(H,24,27). The Morgan fingerprint density at radius 1 is 1.00 bits per heavy atom. The first-order valence-corrected chi connectivity index (χ1v) is 8.40. The fourth-order valence-corrected chi connectivity index (χ4v) is 2.77. The molecule has 7 heteroatoms. The number of nitrogens with one attached hydrogen (secondary N) is 1. The molecule has 144 valence electrons. The zero-order valence-corrected chi connectivity index (χ0v) is 15.4. The minimum atomic E-state index is -4.44. The van der Waals surface area contributed by atoms with E-state index in [-0.39, 0.29) is 24.6 Å². The number of nitrogens with zero attached hydrogens (tertiary/aromatic N) is 1. The van der Waals surface area contributed by atoms with Crippen molar-refractivity contribution < 1.29 is 22.8 Å². The Hall–Kier alpha value is -2.83. The second-order valence-electron chi connectivity index (χ2n) is 6.35. The molecule has 0 atom stereocenters. The zero-order valence-electron chi connectivity index (χ0n) is 15.4. The third kappa shape index (κ3) is 5.57. The maximum atomic E-state index is 12.6. The van der Waals surface area contributed by atoms with Crippen LogP contribution in [0.15, 0.2) is 42.5 Å². The number of halogens is 3. The summed E-state index contributed by atoms with van der Waals surface area (Å²) in [4.78, 5) is 25.6. The highest BCUT2D eigenvalue weighted by atomic mass is 19.4. The zero-order chi connectivity index (χ0) is 20.2. The Balaban J connectivity index is 2.00. The van der Waals surface area contributed by atoms with Crippen LogP contribution in [0.5, 0.6) is 0 Å². The number of carbonyl (C=O) groups excluding carboxylic acids is 2. The number of anilines is 1. The molecule has 2 amide bonds. The topological polar surface area (TPSA) is 49.4 Å². The molecule has 0 bridgehead atoms. The van der Waals surface area contributed by atoms with Crippen LogP contribution in [0.1, 0.15) is 34.0 Å². The van der Waals surface area contributed by atoms with Crippen LogP contribution in [0.2, 0.25) is 0 Å². The monoisotopic (exact) mass is 378 g/mol. The molecule has 0 aromatic heterocycles. The maximum absolute atomic E-state index is 12.6. The third-order valence-electron chi connectivity index (χ3n) is 3.99. The summed E-state index contributed by atoms with van der Waals surface area (Å²) in [6.45, 7) is 5.73. The molecule has 0 heterocycles. The predicted molar refractivity (Wildman–Crippen MR) is 97.7 cm³/mol. The van der Waals surface area contributed by atoms with E-state index in [9.17, 15) is 22.8 Å². The number of rotatable bonds is 5. The molecule has 0 aliphatic carbocycles. The number of carbonyl (C=O) groups is 2. The van der Waals surface area contributed by atoms with E-state index >= 15 is 0 Å². The highest BCUT2D eigenvalue weighted by molar-refractivity contribution is 5.94. The molecule has 2 rings (SSSR count). The van der Waals surface area contributed by atoms with Crippen LogP contribution in [0.4, 0.5) is 18.9 Å². The maximum Gasteiger partial charge on any atom is 0.416 e. The van der Waals surface area contributed by atoms with Crippen molar-refractivity contribution in [3.8, 4) is 0 Å². The number of hydrogen-bond acceptors (Lipinski definition) is 2. The first-order chi connectivity index (χ1) is 12.6. The van der Waals surface area contributed by atoms with Crippen LogP contribution in [-0.4, -0.2) is 24.9 Å². The number of amides is 2. The van der Waals surface area contributed by atoms with E-state index in [4.69, 9.17) is 0 Å². The molecule has 0 fully saturated rings. The van der Waals surface area contributed by atoms with Crippen LogP contribution in [-0.2, 0) is 11.0 Å². The first-order valence-electron chi connectivity index (χ1n) is 8.40. The normalized spacial score (nSPS) is 11.2. The second-order valence-corrected chi connectivity index (χ2v) is 6.35. The average Bonchev–Trinajstić information content (AvgIpc) is 2.56. The molecule has 0 unspecified atom stereocenters. The summed E-state index contributed by atoms with van der Waals surface area (Å²) in [5.74, 6) is -0.656. The van der Waals surface area contributed by atoms with Crippen molar-refractivity contribution in [2.75, 3.05) is 18.0 Å². The molecule has 0 aliphatic rings. The lowest BCUT2D eigenvalue weighted by atomic mass is 10.1. The molecular weight excluding hydrogens is 357 g/mol. The van der Waals surface area contributed by atoms with Gasteiger partial charge in [0, 0.05) is 31.3 Å². The molecule has 1 N–H and O–H groups in total. The minimum Gasteiger partial charge on any atom is -0.350 e. The molecule has 0 saturated carbocycles. The Kier molecular flexibility index (Phi) is 6.25. The van der Waals surface area contributed by atoms with Gasteiger partial charge < -0.3 is 10.2 Å². The van der Waals surface area contributed by atoms with Gasteiger partial charge in [0.1, 0.15) is 0 Å². The largest absolute Gasteiger partial charge is 0.416 e. The molecule has 4 nitrogen and oxygen atoms in total. The van der Waals surface area contributed by atoms with E-state index in [2.05, 4.69) is 5.32 Å². The van der Waals surface area contributed by atoms with E-state index in [1.54, 1.807) is 4.90 Å². The van der Waals surface area contributed by atoms with Gasteiger partial charge in [0.15, 0.2) is 0 Å². The number of aryl methyl sites for hydroxylation is 2. The summed E-state index contributed by atoms with van der Waals surface area (Å²) in [5, 5.41) is 2.63. The van der Waals surface area contributed by atoms with Crippen molar-refractivity contribution >= 4 is 17.5 Å². The summed E-state index contributed by atoms with van der Waals surface area (Å²) in [6.07, 6.45) is -4.44. The van der Waals surface area contributed by atoms with Crippen LogP contribution in [0.3, 0.4) is 0 Å². The molecule has 0 spiro atoms. The second kappa shape index (κ2) is 8.24. The van der Waals surface area contributed by atoms with Gasteiger partial charge in [0.25, 0.3) is 5.91 Å². The molecule has 2 aromatic rings. The van der Waals surface area contributed by atoms with Crippen molar-refractivity contribution in [2.45, 2.75) is 26.9 Å². The molecule has 0 aliphatic heterocycles. The summed E-state index contributed by atoms with van der Waals surface area (Å²) in [5.41, 5.74) is 2.10. The van der Waals surface area contributed by atoms with Gasteiger partial charge in [-0.1, -0.05) is 6.07 Å². The minimum absolute atomic E-state index is 0.128. The van der Waals surface area contributed by atoms with E-state index in [1.165, 1.54) is 6.92 Å². The lowest BCUT2D eigenvalue weighted by molar-refractivity contribution is -0.137. The Morgan fingerprint density at radius 2 is 1.56 bits per heavy atom. The lowest BCUT2D eigenvalue weighted by Crippen LogP contribution is -2.37. The summed E-state index contributed by atoms with van der Waals surface area (Å²) >= 11 is 0. The van der Waals surface area contributed by atoms with Gasteiger partial charge in [0.2, 0.25) is 5.91 Å². The number of alkyl halides is 3. The highest BCUT2D eigenvalue weighted by Crippen LogP contribution is 2.29. The smallest absolute Gasteiger partial charge is 0.350 e. The lowest BCUT2D eigenvalue weighted by Gasteiger charge is -2.22. The quantitative estimate of drug-likeness (QED) is 0.851. The molecule has 2 aromatic carbocycles. The van der Waals surface area contributed by atoms with Crippen LogP contribution >= 0.6 is 0 Å². The van der Waals surface area contributed by atoms with Crippen LogP contribution in [0, 0.1) is 13.8 Å². The SMILES string of the molecule is CC(=O)N(CCNC(=O)c1ccc(C(F)(F)F)cc1)c1cc(C)cc(C)c1. The third-order valence-corrected chi connectivity index (χ3v) is 3.99. The highest BCUT2D eigenvalue weighted by Gasteiger charge is 2.30. The average molecular weight is 378 g/mol. The van der Waals surface area contributed by atoms with Crippen molar-refractivity contribution in [3.63, 3.8) is 0 Å². The van der Waals surface area contributed by atoms with Gasteiger partial charge >= 0.3 is 6.18 Å². The van der Waals surface area contributed by atoms with Gasteiger partial charge in [-0.2, -0.15) is 13.2 Å². The van der Waals surface area contributed by atoms with Crippen molar-refractivity contribution in [1.29, 1.82) is 0 Å². The van der Waals surface area contributed by atoms with Gasteiger partial charge in [-0.15, -0.1) is 0 Å². The van der Waals surface area contributed by atoms with E-state index < -0.39 is 17.6 Å². The van der Waals surface area contributed by atoms with Crippen molar-refractivity contribution in [3.05, 3.63) is 64.7 Å². The summed E-state index contributed by atoms with van der Waals surface area (Å²) in [6, 6.07) is 9.75. The van der Waals surface area contributed by atoms with Crippen molar-refractivity contribution in [2.24, 2.45) is 0 Å². The van der Waals surface area contributed by atoms with Crippen LogP contribution < -0.4 is 10.2 Å². The molecule has 27 heavy (non-hydrogen) atoms. The molecule has 0 radical (unpaired) electrons. The van der Waals surface area contributed by atoms with E-state index in [1.807, 2.05) is 32.0 Å². The van der Waals surface area contributed by atoms with E-state index in [0.717, 1.165) is 41.1 Å². The Bertz CT molecular complexity index is 810. The molecular formula is C20H21F3N2O2. The fourth-order valence-electron chi connectivity index (χ4n) is 2.77. The Morgan fingerprint density at radius 3 is 2.04 bits per heavy atom. The summed E-state index contributed by atoms with van der Waals surface area (Å²) in [7, 11) is 0. The van der Waals surface area contributed by atoms with Gasteiger partial charge in [0.05, 0.1) is 5.56 Å². The predicted octanol–water partition coefficient (Wildman–Crippen LogP) is 4.11. The van der Waals surface area contributed by atoms with Gasteiger partial charge in [-0.05, 0) is 61.4 Å². The van der Waals surface area contributed by atoms with Crippen molar-refractivity contribution in [1.82, 2.24) is 5.32 Å². The Labute approximate surface area is 156 Å².